The summed E-state index contributed by atoms with van der Waals surface area (Å²) in [7, 11) is 0. The SMILES string of the molecule is O=C(NC(Nc1cccc2cccnc12)C(Cl)(Cl)Cl)c1cccc2ccccc12. The largest absolute Gasteiger partial charge is 0.360 e. The number of para-hydroxylation sites is 1. The van der Waals surface area contributed by atoms with Crippen LogP contribution >= 0.6 is 34.8 Å². The Kier molecular flexibility index (Phi) is 5.50. The summed E-state index contributed by atoms with van der Waals surface area (Å²) in [5.41, 5.74) is 1.87. The highest BCUT2D eigenvalue weighted by molar-refractivity contribution is 6.68. The number of carbonyl (C=O) groups excluding carboxylic acids is 1. The van der Waals surface area contributed by atoms with Crippen molar-refractivity contribution in [2.45, 2.75) is 9.96 Å². The number of hydrogen-bond acceptors (Lipinski definition) is 3. The number of nitrogens with zero attached hydrogens (tertiary/aromatic N) is 1. The maximum absolute atomic E-state index is 13.0. The lowest BCUT2D eigenvalue weighted by Crippen LogP contribution is -2.49. The van der Waals surface area contributed by atoms with E-state index in [-0.39, 0.29) is 5.91 Å². The molecule has 2 N–H and O–H groups in total. The zero-order chi connectivity index (χ0) is 20.4. The minimum Gasteiger partial charge on any atom is -0.360 e. The van der Waals surface area contributed by atoms with E-state index < -0.39 is 9.96 Å². The number of alkyl halides is 3. The molecule has 1 atom stereocenters. The molecule has 4 nitrogen and oxygen atoms in total. The molecule has 0 saturated carbocycles. The first-order valence-electron chi connectivity index (χ1n) is 8.89. The summed E-state index contributed by atoms with van der Waals surface area (Å²) in [6.45, 7) is 0. The monoisotopic (exact) mass is 443 g/mol. The first kappa shape index (κ1) is 19.8. The molecule has 1 amide bonds. The minimum atomic E-state index is -1.79. The van der Waals surface area contributed by atoms with Gasteiger partial charge in [-0.15, -0.1) is 0 Å². The van der Waals surface area contributed by atoms with E-state index in [1.54, 1.807) is 12.3 Å². The van der Waals surface area contributed by atoms with E-state index in [0.29, 0.717) is 16.8 Å². The van der Waals surface area contributed by atoms with Crippen molar-refractivity contribution >= 4 is 68.1 Å². The Balaban J connectivity index is 1.66. The van der Waals surface area contributed by atoms with E-state index in [2.05, 4.69) is 15.6 Å². The molecule has 3 aromatic carbocycles. The van der Waals surface area contributed by atoms with Gasteiger partial charge in [0.15, 0.2) is 0 Å². The quantitative estimate of drug-likeness (QED) is 0.303. The van der Waals surface area contributed by atoms with Crippen molar-refractivity contribution in [1.82, 2.24) is 10.3 Å². The normalized spacial score (nSPS) is 12.7. The van der Waals surface area contributed by atoms with Crippen LogP contribution in [-0.4, -0.2) is 20.8 Å². The number of amides is 1. The number of rotatable bonds is 4. The smallest absolute Gasteiger partial charge is 0.253 e. The number of halogens is 3. The number of benzene rings is 3. The fraction of sp³-hybridized carbons (Fsp3) is 0.0909. The van der Waals surface area contributed by atoms with E-state index in [0.717, 1.165) is 16.2 Å². The van der Waals surface area contributed by atoms with Crippen LogP contribution in [0.5, 0.6) is 0 Å². The number of anilines is 1. The summed E-state index contributed by atoms with van der Waals surface area (Å²) in [5, 5.41) is 8.63. The molecule has 0 fully saturated rings. The third-order valence-electron chi connectivity index (χ3n) is 4.57. The Morgan fingerprint density at radius 1 is 0.862 bits per heavy atom. The Morgan fingerprint density at radius 2 is 1.55 bits per heavy atom. The van der Waals surface area contributed by atoms with Crippen molar-refractivity contribution in [3.05, 3.63) is 84.6 Å². The molecule has 1 heterocycles. The van der Waals surface area contributed by atoms with E-state index in [4.69, 9.17) is 34.8 Å². The second kappa shape index (κ2) is 8.07. The molecular formula is C22H16Cl3N3O. The fourth-order valence-corrected chi connectivity index (χ4v) is 3.54. The van der Waals surface area contributed by atoms with Crippen LogP contribution in [0.15, 0.2) is 79.0 Å². The van der Waals surface area contributed by atoms with E-state index in [1.165, 1.54) is 0 Å². The average Bonchev–Trinajstić information content (AvgIpc) is 2.72. The van der Waals surface area contributed by atoms with Gasteiger partial charge in [0.05, 0.1) is 11.2 Å². The van der Waals surface area contributed by atoms with Crippen LogP contribution in [0.1, 0.15) is 10.4 Å². The molecule has 29 heavy (non-hydrogen) atoms. The molecule has 0 aliphatic rings. The standard InChI is InChI=1S/C22H16Cl3N3O/c23-22(24,25)21(27-18-12-4-8-15-9-5-13-26-19(15)18)28-20(29)17-11-3-7-14-6-1-2-10-16(14)17/h1-13,21,27H,(H,28,29). The molecular weight excluding hydrogens is 429 g/mol. The Morgan fingerprint density at radius 3 is 2.38 bits per heavy atom. The van der Waals surface area contributed by atoms with Gasteiger partial charge in [-0.3, -0.25) is 9.78 Å². The average molecular weight is 445 g/mol. The van der Waals surface area contributed by atoms with E-state index >= 15 is 0 Å². The molecule has 0 aliphatic heterocycles. The maximum atomic E-state index is 13.0. The molecule has 146 valence electrons. The first-order chi connectivity index (χ1) is 13.9. The highest BCUT2D eigenvalue weighted by Crippen LogP contribution is 2.33. The molecule has 1 unspecified atom stereocenters. The van der Waals surface area contributed by atoms with Gasteiger partial charge in [0.2, 0.25) is 3.79 Å². The predicted octanol–water partition coefficient (Wildman–Crippen LogP) is 5.93. The molecule has 0 aliphatic carbocycles. The zero-order valence-corrected chi connectivity index (χ0v) is 17.3. The van der Waals surface area contributed by atoms with Gasteiger partial charge in [0, 0.05) is 17.1 Å². The molecule has 4 aromatic rings. The summed E-state index contributed by atoms with van der Waals surface area (Å²) >= 11 is 18.5. The minimum absolute atomic E-state index is 0.348. The number of pyridine rings is 1. The number of fused-ring (bicyclic) bond motifs is 2. The Hall–Kier alpha value is -2.53. The second-order valence-corrected chi connectivity index (χ2v) is 8.87. The van der Waals surface area contributed by atoms with Crippen molar-refractivity contribution in [2.75, 3.05) is 5.32 Å². The Labute approximate surface area is 182 Å². The van der Waals surface area contributed by atoms with Crippen LogP contribution in [-0.2, 0) is 0 Å². The highest BCUT2D eigenvalue weighted by atomic mass is 35.6. The highest BCUT2D eigenvalue weighted by Gasteiger charge is 2.35. The maximum Gasteiger partial charge on any atom is 0.253 e. The van der Waals surface area contributed by atoms with Gasteiger partial charge in [0.25, 0.3) is 5.91 Å². The van der Waals surface area contributed by atoms with E-state index in [1.807, 2.05) is 66.7 Å². The number of carbonyl (C=O) groups is 1. The number of nitrogens with one attached hydrogen (secondary N) is 2. The van der Waals surface area contributed by atoms with Crippen LogP contribution < -0.4 is 10.6 Å². The molecule has 1 aromatic heterocycles. The molecule has 0 bridgehead atoms. The van der Waals surface area contributed by atoms with Gasteiger partial charge in [-0.2, -0.15) is 0 Å². The van der Waals surface area contributed by atoms with Crippen LogP contribution in [0.3, 0.4) is 0 Å². The fourth-order valence-electron chi connectivity index (χ4n) is 3.21. The summed E-state index contributed by atoms with van der Waals surface area (Å²) in [4.78, 5) is 17.4. The molecule has 4 rings (SSSR count). The summed E-state index contributed by atoms with van der Waals surface area (Å²) in [6, 6.07) is 22.6. The lowest BCUT2D eigenvalue weighted by atomic mass is 10.0. The van der Waals surface area contributed by atoms with Crippen molar-refractivity contribution < 1.29 is 4.79 Å². The van der Waals surface area contributed by atoms with Crippen LogP contribution in [0.2, 0.25) is 0 Å². The van der Waals surface area contributed by atoms with Crippen molar-refractivity contribution in [2.24, 2.45) is 0 Å². The third kappa shape index (κ3) is 4.25. The van der Waals surface area contributed by atoms with E-state index in [9.17, 15) is 4.79 Å². The number of hydrogen-bond donors (Lipinski definition) is 2. The van der Waals surface area contributed by atoms with Gasteiger partial charge in [-0.1, -0.05) is 89.4 Å². The van der Waals surface area contributed by atoms with Crippen molar-refractivity contribution in [1.29, 1.82) is 0 Å². The van der Waals surface area contributed by atoms with Gasteiger partial charge in [-0.05, 0) is 29.0 Å². The molecule has 0 spiro atoms. The molecule has 0 radical (unpaired) electrons. The molecule has 0 saturated heterocycles. The second-order valence-electron chi connectivity index (χ2n) is 6.50. The topological polar surface area (TPSA) is 54.0 Å². The summed E-state index contributed by atoms with van der Waals surface area (Å²) < 4.78 is -1.79. The summed E-state index contributed by atoms with van der Waals surface area (Å²) in [5.74, 6) is -0.348. The van der Waals surface area contributed by atoms with Crippen molar-refractivity contribution in [3.63, 3.8) is 0 Å². The summed E-state index contributed by atoms with van der Waals surface area (Å²) in [6.07, 6.45) is 0.707. The van der Waals surface area contributed by atoms with Crippen LogP contribution in [0, 0.1) is 0 Å². The predicted molar refractivity (Wildman–Crippen MR) is 121 cm³/mol. The number of aromatic nitrogens is 1. The zero-order valence-electron chi connectivity index (χ0n) is 15.1. The lowest BCUT2D eigenvalue weighted by molar-refractivity contribution is 0.0943. The lowest BCUT2D eigenvalue weighted by Gasteiger charge is -2.28. The van der Waals surface area contributed by atoms with Gasteiger partial charge < -0.3 is 10.6 Å². The van der Waals surface area contributed by atoms with Gasteiger partial charge >= 0.3 is 0 Å². The molecule has 7 heteroatoms. The van der Waals surface area contributed by atoms with Gasteiger partial charge in [0.1, 0.15) is 6.17 Å². The van der Waals surface area contributed by atoms with Crippen molar-refractivity contribution in [3.8, 4) is 0 Å². The first-order valence-corrected chi connectivity index (χ1v) is 10.0. The third-order valence-corrected chi connectivity index (χ3v) is 5.22. The van der Waals surface area contributed by atoms with Gasteiger partial charge in [-0.25, -0.2) is 0 Å². The van der Waals surface area contributed by atoms with Crippen LogP contribution in [0.25, 0.3) is 21.7 Å². The van der Waals surface area contributed by atoms with Crippen LogP contribution in [0.4, 0.5) is 5.69 Å². The Bertz CT molecular complexity index is 1180.